The van der Waals surface area contributed by atoms with Crippen molar-refractivity contribution in [2.75, 3.05) is 14.1 Å². The molecular weight excluding hydrogens is 456 g/mol. The van der Waals surface area contributed by atoms with Gasteiger partial charge in [0.25, 0.3) is 0 Å². The summed E-state index contributed by atoms with van der Waals surface area (Å²) in [4.78, 5) is 4.53. The molecule has 120 valence electrons. The Morgan fingerprint density at radius 1 is 0.870 bits per heavy atom. The minimum absolute atomic E-state index is 0.130. The van der Waals surface area contributed by atoms with Crippen molar-refractivity contribution < 1.29 is 0 Å². The van der Waals surface area contributed by atoms with Crippen LogP contribution in [0.3, 0.4) is 0 Å². The number of thiocarbonyl (C=S) groups is 1. The fourth-order valence-electron chi connectivity index (χ4n) is 2.79. The van der Waals surface area contributed by atoms with Gasteiger partial charge in [-0.15, -0.1) is 0 Å². The molecule has 0 bridgehead atoms. The Morgan fingerprint density at radius 3 is 1.87 bits per heavy atom. The zero-order chi connectivity index (χ0) is 16.6. The minimum atomic E-state index is 0.130. The lowest BCUT2D eigenvalue weighted by molar-refractivity contribution is 0.122. The Morgan fingerprint density at radius 2 is 1.35 bits per heavy atom. The van der Waals surface area contributed by atoms with Gasteiger partial charge in [0, 0.05) is 16.0 Å². The van der Waals surface area contributed by atoms with Gasteiger partial charge in [-0.1, -0.05) is 80.1 Å². The van der Waals surface area contributed by atoms with E-state index in [1.807, 2.05) is 0 Å². The largest absolute Gasteiger partial charge is 0.341 e. The maximum absolute atomic E-state index is 5.63. The van der Waals surface area contributed by atoms with E-state index in [1.54, 1.807) is 11.8 Å². The van der Waals surface area contributed by atoms with E-state index in [2.05, 4.69) is 104 Å². The van der Waals surface area contributed by atoms with Crippen LogP contribution in [0.25, 0.3) is 0 Å². The van der Waals surface area contributed by atoms with Gasteiger partial charge in [-0.25, -0.2) is 0 Å². The number of thioether (sulfide) groups is 1. The van der Waals surface area contributed by atoms with E-state index in [0.29, 0.717) is 0 Å². The third kappa shape index (κ3) is 3.66. The molecule has 1 aliphatic heterocycles. The third-order valence-electron chi connectivity index (χ3n) is 3.95. The maximum Gasteiger partial charge on any atom is 0.139 e. The fraction of sp³-hybridized carbons (Fsp3) is 0.235. The van der Waals surface area contributed by atoms with Crippen molar-refractivity contribution in [2.45, 2.75) is 11.5 Å². The minimum Gasteiger partial charge on any atom is -0.341 e. The van der Waals surface area contributed by atoms with E-state index in [1.165, 1.54) is 11.1 Å². The van der Waals surface area contributed by atoms with Crippen LogP contribution in [0, 0.1) is 0 Å². The van der Waals surface area contributed by atoms with Crippen LogP contribution < -0.4 is 0 Å². The summed E-state index contributed by atoms with van der Waals surface area (Å²) in [6.07, 6.45) is 0.130. The van der Waals surface area contributed by atoms with E-state index in [9.17, 15) is 0 Å². The summed E-state index contributed by atoms with van der Waals surface area (Å²) in [5.74, 6) is 0. The zero-order valence-electron chi connectivity index (χ0n) is 12.7. The average Bonchev–Trinajstić information content (AvgIpc) is 2.54. The summed E-state index contributed by atoms with van der Waals surface area (Å²) >= 11 is 14.4. The second-order valence-electron chi connectivity index (χ2n) is 5.49. The van der Waals surface area contributed by atoms with Crippen LogP contribution in [0.15, 0.2) is 57.5 Å². The summed E-state index contributed by atoms with van der Waals surface area (Å²) in [5.41, 5.74) is 2.50. The first-order chi connectivity index (χ1) is 11.0. The van der Waals surface area contributed by atoms with Crippen molar-refractivity contribution in [3.8, 4) is 0 Å². The van der Waals surface area contributed by atoms with E-state index in [0.717, 1.165) is 13.3 Å². The first-order valence-electron chi connectivity index (χ1n) is 7.13. The van der Waals surface area contributed by atoms with Crippen LogP contribution in [-0.2, 0) is 0 Å². The molecule has 0 N–H and O–H groups in total. The predicted molar refractivity (Wildman–Crippen MR) is 109 cm³/mol. The Kier molecular flexibility index (Phi) is 5.48. The summed E-state index contributed by atoms with van der Waals surface area (Å²) < 4.78 is 3.10. The highest BCUT2D eigenvalue weighted by atomic mass is 79.9. The third-order valence-corrected chi connectivity index (χ3v) is 6.90. The van der Waals surface area contributed by atoms with Crippen LogP contribution >= 0.6 is 55.8 Å². The van der Waals surface area contributed by atoms with Gasteiger partial charge in [0.2, 0.25) is 0 Å². The van der Waals surface area contributed by atoms with Gasteiger partial charge in [-0.05, 0) is 42.4 Å². The average molecular weight is 472 g/mol. The van der Waals surface area contributed by atoms with E-state index in [4.69, 9.17) is 12.2 Å². The summed E-state index contributed by atoms with van der Waals surface area (Å²) in [7, 11) is 4.22. The molecule has 2 atom stereocenters. The van der Waals surface area contributed by atoms with Gasteiger partial charge >= 0.3 is 0 Å². The van der Waals surface area contributed by atoms with Gasteiger partial charge in [0.15, 0.2) is 0 Å². The topological polar surface area (TPSA) is 6.48 Å². The molecular formula is C17H16Br2N2S2. The lowest BCUT2D eigenvalue weighted by Gasteiger charge is -2.46. The molecule has 2 aromatic carbocycles. The lowest BCUT2D eigenvalue weighted by Crippen LogP contribution is -2.45. The first kappa shape index (κ1) is 17.4. The standard InChI is InChI=1S/C17H16Br2N2S2/c1-20-15(11-3-7-13(18)8-4-11)21(2)17(22)23-16(20)12-5-9-14(19)10-6-12/h3-10,15-16H,1-2H3/t15-,16-/m1/s1. The van der Waals surface area contributed by atoms with Gasteiger partial charge < -0.3 is 4.90 Å². The van der Waals surface area contributed by atoms with Crippen LogP contribution in [0.5, 0.6) is 0 Å². The normalized spacial score (nSPS) is 22.4. The van der Waals surface area contributed by atoms with Crippen molar-refractivity contribution in [1.29, 1.82) is 0 Å². The molecule has 2 nitrogen and oxygen atoms in total. The molecule has 0 aromatic heterocycles. The number of hydrogen-bond acceptors (Lipinski definition) is 3. The number of nitrogens with zero attached hydrogens (tertiary/aromatic N) is 2. The second-order valence-corrected chi connectivity index (χ2v) is 9.03. The van der Waals surface area contributed by atoms with Gasteiger partial charge in [-0.3, -0.25) is 4.90 Å². The molecule has 1 fully saturated rings. The maximum atomic E-state index is 5.63. The Labute approximate surface area is 163 Å². The molecule has 0 radical (unpaired) electrons. The molecule has 3 rings (SSSR count). The molecule has 1 aliphatic rings. The highest BCUT2D eigenvalue weighted by Gasteiger charge is 2.36. The monoisotopic (exact) mass is 470 g/mol. The summed E-state index contributed by atoms with van der Waals surface area (Å²) in [6.45, 7) is 0. The molecule has 23 heavy (non-hydrogen) atoms. The molecule has 0 spiro atoms. The van der Waals surface area contributed by atoms with E-state index < -0.39 is 0 Å². The molecule has 2 aromatic rings. The predicted octanol–water partition coefficient (Wildman–Crippen LogP) is 5.80. The van der Waals surface area contributed by atoms with Crippen molar-refractivity contribution in [1.82, 2.24) is 9.80 Å². The van der Waals surface area contributed by atoms with Crippen molar-refractivity contribution in [3.63, 3.8) is 0 Å². The lowest BCUT2D eigenvalue weighted by atomic mass is 10.1. The highest BCUT2D eigenvalue weighted by molar-refractivity contribution is 9.10. The summed E-state index contributed by atoms with van der Waals surface area (Å²) in [5, 5.41) is 0.209. The molecule has 0 amide bonds. The smallest absolute Gasteiger partial charge is 0.139 e. The SMILES string of the molecule is CN1C(=S)S[C@H](c2ccc(Br)cc2)N(C)[C@H]1c1ccc(Br)cc1. The number of halogens is 2. The van der Waals surface area contributed by atoms with Crippen LogP contribution in [0.1, 0.15) is 22.7 Å². The molecule has 1 heterocycles. The molecule has 0 unspecified atom stereocenters. The summed E-state index contributed by atoms with van der Waals surface area (Å²) in [6, 6.07) is 16.9. The quantitative estimate of drug-likeness (QED) is 0.510. The van der Waals surface area contributed by atoms with E-state index in [-0.39, 0.29) is 11.5 Å². The van der Waals surface area contributed by atoms with Crippen molar-refractivity contribution >= 4 is 60.2 Å². The first-order valence-corrected chi connectivity index (χ1v) is 10.0. The van der Waals surface area contributed by atoms with Crippen molar-refractivity contribution in [3.05, 3.63) is 68.6 Å². The Balaban J connectivity index is 1.96. The van der Waals surface area contributed by atoms with E-state index >= 15 is 0 Å². The van der Waals surface area contributed by atoms with Gasteiger partial charge in [0.1, 0.15) is 10.5 Å². The van der Waals surface area contributed by atoms with Gasteiger partial charge in [0.05, 0.1) is 5.37 Å². The number of hydrogen-bond donors (Lipinski definition) is 0. The molecule has 1 saturated heterocycles. The number of benzene rings is 2. The Bertz CT molecular complexity index is 704. The fourth-order valence-corrected chi connectivity index (χ4v) is 4.72. The Hall–Kier alpha value is -0.400. The molecule has 6 heteroatoms. The zero-order valence-corrected chi connectivity index (χ0v) is 17.5. The van der Waals surface area contributed by atoms with Crippen molar-refractivity contribution in [2.24, 2.45) is 0 Å². The van der Waals surface area contributed by atoms with Crippen LogP contribution in [0.2, 0.25) is 0 Å². The van der Waals surface area contributed by atoms with Crippen LogP contribution in [0.4, 0.5) is 0 Å². The highest BCUT2D eigenvalue weighted by Crippen LogP contribution is 2.45. The number of rotatable bonds is 2. The molecule has 0 saturated carbocycles. The van der Waals surface area contributed by atoms with Crippen LogP contribution in [-0.4, -0.2) is 28.2 Å². The van der Waals surface area contributed by atoms with Gasteiger partial charge in [-0.2, -0.15) is 0 Å². The second kappa shape index (κ2) is 7.23. The molecule has 0 aliphatic carbocycles.